The van der Waals surface area contributed by atoms with Crippen molar-refractivity contribution in [2.24, 2.45) is 16.8 Å². The Morgan fingerprint density at radius 3 is 2.44 bits per heavy atom. The minimum absolute atomic E-state index is 0.214. The number of carbonyl (C=O) groups is 1. The highest BCUT2D eigenvalue weighted by atomic mass is 35.5. The van der Waals surface area contributed by atoms with Crippen LogP contribution in [0.5, 0.6) is 0 Å². The normalized spacial score (nSPS) is 13.2. The molecule has 0 aliphatic rings. The van der Waals surface area contributed by atoms with Crippen molar-refractivity contribution in [2.75, 3.05) is 5.32 Å². The Hall–Kier alpha value is -1.53. The lowest BCUT2D eigenvalue weighted by Crippen LogP contribution is -2.32. The van der Waals surface area contributed by atoms with Crippen LogP contribution in [0.25, 0.3) is 0 Å². The van der Waals surface area contributed by atoms with Gasteiger partial charge in [-0.3, -0.25) is 4.79 Å². The molecule has 18 heavy (non-hydrogen) atoms. The molecule has 1 rings (SSSR count). The van der Waals surface area contributed by atoms with Crippen molar-refractivity contribution in [3.8, 4) is 0 Å². The molecule has 0 radical (unpaired) electrons. The van der Waals surface area contributed by atoms with E-state index in [9.17, 15) is 9.18 Å². The van der Waals surface area contributed by atoms with Crippen molar-refractivity contribution in [3.63, 3.8) is 0 Å². The smallest absolute Gasteiger partial charge is 0.234 e. The van der Waals surface area contributed by atoms with Crippen LogP contribution in [0.15, 0.2) is 17.3 Å². The average molecular weight is 294 g/mol. The fourth-order valence-electron chi connectivity index (χ4n) is 1.10. The van der Waals surface area contributed by atoms with Gasteiger partial charge < -0.3 is 16.3 Å². The number of oxime groups is 1. The second-order valence-corrected chi connectivity index (χ2v) is 4.30. The molecule has 8 heteroatoms. The molecule has 4 N–H and O–H groups in total. The summed E-state index contributed by atoms with van der Waals surface area (Å²) in [6.45, 7) is 1.44. The third-order valence-corrected chi connectivity index (χ3v) is 2.75. The fraction of sp³-hybridized carbons (Fsp3) is 0.200. The second-order valence-electron chi connectivity index (χ2n) is 3.49. The SMILES string of the molecule is CC(C(=O)Nc1cc(Cl)c(F)c(Cl)c1)/C(N)=N/O. The molecule has 98 valence electrons. The highest BCUT2D eigenvalue weighted by Crippen LogP contribution is 2.27. The lowest BCUT2D eigenvalue weighted by Gasteiger charge is -2.11. The zero-order valence-corrected chi connectivity index (χ0v) is 10.8. The second kappa shape index (κ2) is 5.88. The number of carbonyl (C=O) groups excluding carboxylic acids is 1. The number of benzene rings is 1. The van der Waals surface area contributed by atoms with Gasteiger partial charge in [0.2, 0.25) is 5.91 Å². The van der Waals surface area contributed by atoms with E-state index in [1.807, 2.05) is 0 Å². The Balaban J connectivity index is 2.89. The molecule has 1 amide bonds. The van der Waals surface area contributed by atoms with Gasteiger partial charge in [-0.25, -0.2) is 4.39 Å². The molecule has 1 unspecified atom stereocenters. The van der Waals surface area contributed by atoms with Crippen molar-refractivity contribution in [3.05, 3.63) is 28.0 Å². The van der Waals surface area contributed by atoms with Crippen LogP contribution < -0.4 is 11.1 Å². The van der Waals surface area contributed by atoms with E-state index in [0.29, 0.717) is 0 Å². The van der Waals surface area contributed by atoms with Gasteiger partial charge in [0, 0.05) is 5.69 Å². The number of hydrogen-bond donors (Lipinski definition) is 3. The summed E-state index contributed by atoms with van der Waals surface area (Å²) in [6, 6.07) is 2.42. The molecule has 0 spiro atoms. The van der Waals surface area contributed by atoms with E-state index in [-0.39, 0.29) is 21.6 Å². The molecule has 0 bridgehead atoms. The van der Waals surface area contributed by atoms with Gasteiger partial charge >= 0.3 is 0 Å². The highest BCUT2D eigenvalue weighted by molar-refractivity contribution is 6.35. The summed E-state index contributed by atoms with van der Waals surface area (Å²) in [6.07, 6.45) is 0. The summed E-state index contributed by atoms with van der Waals surface area (Å²) >= 11 is 11.1. The Labute approximate surface area is 112 Å². The zero-order chi connectivity index (χ0) is 13.9. The van der Waals surface area contributed by atoms with E-state index in [2.05, 4.69) is 10.5 Å². The molecule has 0 saturated carbocycles. The molecule has 1 atom stereocenters. The Kier molecular flexibility index (Phi) is 4.75. The molecule has 0 aromatic heterocycles. The van der Waals surface area contributed by atoms with Crippen molar-refractivity contribution in [1.82, 2.24) is 0 Å². The predicted octanol–water partition coefficient (Wildman–Crippen LogP) is 2.45. The number of amidine groups is 1. The molecule has 0 saturated heterocycles. The number of anilines is 1. The standard InChI is InChI=1S/C10H10Cl2FN3O2/c1-4(9(14)16-18)10(17)15-5-2-6(11)8(13)7(12)3-5/h2-4,18H,1H3,(H2,14,16)(H,15,17). The third-order valence-electron chi connectivity index (χ3n) is 2.20. The van der Waals surface area contributed by atoms with Crippen LogP contribution >= 0.6 is 23.2 Å². The summed E-state index contributed by atoms with van der Waals surface area (Å²) < 4.78 is 13.1. The van der Waals surface area contributed by atoms with E-state index < -0.39 is 17.6 Å². The number of hydrogen-bond acceptors (Lipinski definition) is 3. The summed E-state index contributed by atoms with van der Waals surface area (Å²) in [7, 11) is 0. The number of rotatable bonds is 3. The van der Waals surface area contributed by atoms with E-state index in [1.54, 1.807) is 0 Å². The Morgan fingerprint density at radius 2 is 2.00 bits per heavy atom. The van der Waals surface area contributed by atoms with Crippen LogP contribution in [0.3, 0.4) is 0 Å². The minimum Gasteiger partial charge on any atom is -0.409 e. The average Bonchev–Trinajstić information content (AvgIpc) is 2.33. The van der Waals surface area contributed by atoms with Crippen molar-refractivity contribution < 1.29 is 14.4 Å². The van der Waals surface area contributed by atoms with Gasteiger partial charge in [-0.15, -0.1) is 0 Å². The van der Waals surface area contributed by atoms with E-state index in [0.717, 1.165) is 0 Å². The van der Waals surface area contributed by atoms with Crippen LogP contribution in [-0.2, 0) is 4.79 Å². The first-order valence-corrected chi connectivity index (χ1v) is 5.55. The quantitative estimate of drug-likeness (QED) is 0.263. The first kappa shape index (κ1) is 14.5. The lowest BCUT2D eigenvalue weighted by molar-refractivity contribution is -0.117. The summed E-state index contributed by atoms with van der Waals surface area (Å²) in [5, 5.41) is 13.1. The first-order valence-electron chi connectivity index (χ1n) is 4.79. The topological polar surface area (TPSA) is 87.7 Å². The maximum atomic E-state index is 13.1. The molecule has 0 heterocycles. The van der Waals surface area contributed by atoms with Crippen LogP contribution in [0.1, 0.15) is 6.92 Å². The monoisotopic (exact) mass is 293 g/mol. The molecule has 0 aliphatic carbocycles. The van der Waals surface area contributed by atoms with E-state index in [4.69, 9.17) is 34.1 Å². The number of amides is 1. The summed E-state index contributed by atoms with van der Waals surface area (Å²) in [5.74, 6) is -2.39. The van der Waals surface area contributed by atoms with Crippen LogP contribution in [0, 0.1) is 11.7 Å². The molecule has 0 fully saturated rings. The van der Waals surface area contributed by atoms with Crippen molar-refractivity contribution in [1.29, 1.82) is 0 Å². The van der Waals surface area contributed by atoms with Gasteiger partial charge in [0.05, 0.1) is 16.0 Å². The van der Waals surface area contributed by atoms with Gasteiger partial charge in [-0.1, -0.05) is 28.4 Å². The molecule has 1 aromatic carbocycles. The number of nitrogens with zero attached hydrogens (tertiary/aromatic N) is 1. The van der Waals surface area contributed by atoms with Crippen molar-refractivity contribution in [2.45, 2.75) is 6.92 Å². The maximum Gasteiger partial charge on any atom is 0.234 e. The van der Waals surface area contributed by atoms with Gasteiger partial charge in [0.15, 0.2) is 11.7 Å². The fourth-order valence-corrected chi connectivity index (χ4v) is 1.59. The van der Waals surface area contributed by atoms with Gasteiger partial charge in [-0.05, 0) is 19.1 Å². The lowest BCUT2D eigenvalue weighted by atomic mass is 10.1. The van der Waals surface area contributed by atoms with Crippen LogP contribution in [-0.4, -0.2) is 17.0 Å². The zero-order valence-electron chi connectivity index (χ0n) is 9.25. The number of halogens is 3. The molecular formula is C10H10Cl2FN3O2. The Bertz CT molecular complexity index is 485. The summed E-state index contributed by atoms with van der Waals surface area (Å²) in [5.41, 5.74) is 5.50. The highest BCUT2D eigenvalue weighted by Gasteiger charge is 2.18. The predicted molar refractivity (Wildman–Crippen MR) is 67.6 cm³/mol. The first-order chi connectivity index (χ1) is 8.36. The van der Waals surface area contributed by atoms with Gasteiger partial charge in [-0.2, -0.15) is 0 Å². The van der Waals surface area contributed by atoms with E-state index in [1.165, 1.54) is 19.1 Å². The molecular weight excluding hydrogens is 284 g/mol. The van der Waals surface area contributed by atoms with Gasteiger partial charge in [0.25, 0.3) is 0 Å². The Morgan fingerprint density at radius 1 is 1.50 bits per heavy atom. The number of nitrogens with two attached hydrogens (primary N) is 1. The molecule has 0 aliphatic heterocycles. The van der Waals surface area contributed by atoms with E-state index >= 15 is 0 Å². The molecule has 1 aromatic rings. The largest absolute Gasteiger partial charge is 0.409 e. The van der Waals surface area contributed by atoms with Crippen molar-refractivity contribution >= 4 is 40.6 Å². The number of nitrogens with one attached hydrogen (secondary N) is 1. The van der Waals surface area contributed by atoms with Crippen LogP contribution in [0.4, 0.5) is 10.1 Å². The van der Waals surface area contributed by atoms with Gasteiger partial charge in [0.1, 0.15) is 0 Å². The maximum absolute atomic E-state index is 13.1. The summed E-state index contributed by atoms with van der Waals surface area (Å²) in [4.78, 5) is 11.7. The third kappa shape index (κ3) is 3.24. The minimum atomic E-state index is -0.849. The molecule has 5 nitrogen and oxygen atoms in total. The van der Waals surface area contributed by atoms with Crippen LogP contribution in [0.2, 0.25) is 10.0 Å².